The zero-order valence-corrected chi connectivity index (χ0v) is 20.5. The third kappa shape index (κ3) is 5.34. The number of hydrogen-bond donors (Lipinski definition) is 0. The van der Waals surface area contributed by atoms with Gasteiger partial charge in [-0.15, -0.1) is 0 Å². The molecule has 4 aromatic rings. The van der Waals surface area contributed by atoms with E-state index in [9.17, 15) is 9.59 Å². The van der Waals surface area contributed by atoms with Crippen molar-refractivity contribution in [1.29, 1.82) is 0 Å². The second-order valence-corrected chi connectivity index (χ2v) is 9.59. The Morgan fingerprint density at radius 1 is 1.09 bits per heavy atom. The number of aryl methyl sites for hydroxylation is 1. The molecule has 176 valence electrons. The number of methoxy groups -OCH3 is 1. The molecule has 0 fully saturated rings. The van der Waals surface area contributed by atoms with Crippen LogP contribution in [0.3, 0.4) is 0 Å². The molecule has 0 aliphatic heterocycles. The van der Waals surface area contributed by atoms with Crippen molar-refractivity contribution in [3.63, 3.8) is 0 Å². The molecule has 0 saturated heterocycles. The molecule has 0 bridgehead atoms. The van der Waals surface area contributed by atoms with Crippen LogP contribution < -0.4 is 25.1 Å². The van der Waals surface area contributed by atoms with Gasteiger partial charge in [-0.2, -0.15) is 14.6 Å². The first-order chi connectivity index (χ1) is 16.3. The van der Waals surface area contributed by atoms with Crippen LogP contribution in [0.1, 0.15) is 42.7 Å². The summed E-state index contributed by atoms with van der Waals surface area (Å²) in [6.07, 6.45) is 3.01. The van der Waals surface area contributed by atoms with Gasteiger partial charge in [0.25, 0.3) is 11.1 Å². The highest BCUT2D eigenvalue weighted by Crippen LogP contribution is 2.28. The molecule has 4 rings (SSSR count). The predicted molar refractivity (Wildman–Crippen MR) is 134 cm³/mol. The second-order valence-electron chi connectivity index (χ2n) is 8.58. The second kappa shape index (κ2) is 10.2. The molecule has 8 heteroatoms. The molecule has 2 aromatic heterocycles. The van der Waals surface area contributed by atoms with Crippen molar-refractivity contribution in [1.82, 2.24) is 14.6 Å². The van der Waals surface area contributed by atoms with Crippen LogP contribution in [0.4, 0.5) is 0 Å². The van der Waals surface area contributed by atoms with Gasteiger partial charge in [0.05, 0.1) is 18.2 Å². The highest BCUT2D eigenvalue weighted by Gasteiger charge is 2.12. The lowest BCUT2D eigenvalue weighted by atomic mass is 10.1. The molecule has 0 radical (unpaired) electrons. The van der Waals surface area contributed by atoms with Crippen LogP contribution in [0, 0.1) is 12.8 Å². The van der Waals surface area contributed by atoms with Gasteiger partial charge in [0.15, 0.2) is 11.5 Å². The van der Waals surface area contributed by atoms with E-state index in [4.69, 9.17) is 9.47 Å². The summed E-state index contributed by atoms with van der Waals surface area (Å²) in [5, 5.41) is 4.32. The Labute approximate surface area is 201 Å². The quantitative estimate of drug-likeness (QED) is 0.387. The SMILES string of the molecule is COc1cc(C=c2sc3nc(=O)c(Cc4ccc(C)cc4)nn3c2=O)ccc1OCCC(C)C. The maximum atomic E-state index is 13.0. The van der Waals surface area contributed by atoms with Gasteiger partial charge in [-0.05, 0) is 48.6 Å². The Kier molecular flexibility index (Phi) is 7.07. The van der Waals surface area contributed by atoms with Crippen molar-refractivity contribution in [2.45, 2.75) is 33.6 Å². The molecule has 34 heavy (non-hydrogen) atoms. The molecule has 0 unspecified atom stereocenters. The van der Waals surface area contributed by atoms with E-state index in [0.29, 0.717) is 35.0 Å². The summed E-state index contributed by atoms with van der Waals surface area (Å²) in [6, 6.07) is 13.4. The number of rotatable bonds is 8. The van der Waals surface area contributed by atoms with Crippen molar-refractivity contribution in [2.24, 2.45) is 5.92 Å². The minimum atomic E-state index is -0.419. The van der Waals surface area contributed by atoms with E-state index in [1.807, 2.05) is 49.4 Å². The smallest absolute Gasteiger partial charge is 0.296 e. The molecule has 0 amide bonds. The third-order valence-corrected chi connectivity index (χ3v) is 6.34. The van der Waals surface area contributed by atoms with Crippen molar-refractivity contribution in [2.75, 3.05) is 13.7 Å². The molecule has 2 aromatic carbocycles. The molecular weight excluding hydrogens is 450 g/mol. The first-order valence-corrected chi connectivity index (χ1v) is 12.0. The first kappa shape index (κ1) is 23.6. The molecule has 0 aliphatic rings. The van der Waals surface area contributed by atoms with E-state index < -0.39 is 5.56 Å². The van der Waals surface area contributed by atoms with E-state index >= 15 is 0 Å². The summed E-state index contributed by atoms with van der Waals surface area (Å²) < 4.78 is 13.0. The highest BCUT2D eigenvalue weighted by molar-refractivity contribution is 7.15. The van der Waals surface area contributed by atoms with Gasteiger partial charge in [0.2, 0.25) is 4.96 Å². The largest absolute Gasteiger partial charge is 0.493 e. The van der Waals surface area contributed by atoms with Gasteiger partial charge in [-0.1, -0.05) is 61.1 Å². The summed E-state index contributed by atoms with van der Waals surface area (Å²) in [4.78, 5) is 29.9. The fourth-order valence-corrected chi connectivity index (χ4v) is 4.30. The number of hydrogen-bond acceptors (Lipinski definition) is 7. The Bertz CT molecular complexity index is 1470. The van der Waals surface area contributed by atoms with E-state index in [2.05, 4.69) is 23.9 Å². The summed E-state index contributed by atoms with van der Waals surface area (Å²) in [5.74, 6) is 1.81. The molecule has 0 aliphatic carbocycles. The molecule has 0 atom stereocenters. The number of nitrogens with zero attached hydrogens (tertiary/aromatic N) is 3. The lowest BCUT2D eigenvalue weighted by Crippen LogP contribution is -2.28. The average molecular weight is 478 g/mol. The van der Waals surface area contributed by atoms with E-state index in [0.717, 1.165) is 34.4 Å². The highest BCUT2D eigenvalue weighted by atomic mass is 32.1. The zero-order valence-electron chi connectivity index (χ0n) is 19.7. The van der Waals surface area contributed by atoms with Crippen LogP contribution in [-0.2, 0) is 6.42 Å². The van der Waals surface area contributed by atoms with Crippen molar-refractivity contribution in [3.8, 4) is 11.5 Å². The Hall–Kier alpha value is -3.52. The average Bonchev–Trinajstić information content (AvgIpc) is 3.10. The summed E-state index contributed by atoms with van der Waals surface area (Å²) in [6.45, 7) is 6.90. The number of fused-ring (bicyclic) bond motifs is 1. The van der Waals surface area contributed by atoms with Crippen LogP contribution in [0.15, 0.2) is 52.1 Å². The van der Waals surface area contributed by atoms with E-state index in [1.54, 1.807) is 13.2 Å². The topological polar surface area (TPSA) is 82.8 Å². The maximum Gasteiger partial charge on any atom is 0.296 e. The minimum Gasteiger partial charge on any atom is -0.493 e. The van der Waals surface area contributed by atoms with Gasteiger partial charge >= 0.3 is 0 Å². The van der Waals surface area contributed by atoms with Crippen LogP contribution >= 0.6 is 11.3 Å². The summed E-state index contributed by atoms with van der Waals surface area (Å²) in [7, 11) is 1.59. The molecule has 0 saturated carbocycles. The van der Waals surface area contributed by atoms with Gasteiger partial charge < -0.3 is 9.47 Å². The van der Waals surface area contributed by atoms with E-state index in [1.165, 1.54) is 4.52 Å². The van der Waals surface area contributed by atoms with Crippen LogP contribution in [0.25, 0.3) is 11.0 Å². The zero-order chi connectivity index (χ0) is 24.2. The van der Waals surface area contributed by atoms with Crippen molar-refractivity contribution >= 4 is 22.4 Å². The Morgan fingerprint density at radius 3 is 2.56 bits per heavy atom. The van der Waals surface area contributed by atoms with Gasteiger partial charge in [0.1, 0.15) is 5.69 Å². The number of ether oxygens (including phenoxy) is 2. The maximum absolute atomic E-state index is 13.0. The number of benzene rings is 2. The lowest BCUT2D eigenvalue weighted by Gasteiger charge is -2.12. The van der Waals surface area contributed by atoms with E-state index in [-0.39, 0.29) is 16.2 Å². The van der Waals surface area contributed by atoms with Crippen LogP contribution in [0.2, 0.25) is 0 Å². The standard InChI is InChI=1S/C26H27N3O4S/c1-16(2)11-12-33-21-10-9-19(14-22(21)32-4)15-23-25(31)29-26(34-23)27-24(30)20(28-29)13-18-7-5-17(3)6-8-18/h5-10,14-16H,11-13H2,1-4H3. The molecule has 7 nitrogen and oxygen atoms in total. The summed E-state index contributed by atoms with van der Waals surface area (Å²) in [5.41, 5.74) is 2.36. The first-order valence-electron chi connectivity index (χ1n) is 11.1. The fourth-order valence-electron chi connectivity index (χ4n) is 3.40. The van der Waals surface area contributed by atoms with Gasteiger partial charge in [0, 0.05) is 6.42 Å². The van der Waals surface area contributed by atoms with Crippen molar-refractivity contribution < 1.29 is 9.47 Å². The number of thiazole rings is 1. The van der Waals surface area contributed by atoms with Crippen LogP contribution in [-0.4, -0.2) is 28.3 Å². The minimum absolute atomic E-state index is 0.243. The molecular formula is C26H27N3O4S. The Balaban J connectivity index is 1.66. The van der Waals surface area contributed by atoms with Gasteiger partial charge in [-0.3, -0.25) is 9.59 Å². The fraction of sp³-hybridized carbons (Fsp3) is 0.308. The molecule has 2 heterocycles. The monoisotopic (exact) mass is 477 g/mol. The molecule has 0 spiro atoms. The lowest BCUT2D eigenvalue weighted by molar-refractivity contribution is 0.273. The predicted octanol–water partition coefficient (Wildman–Crippen LogP) is 3.39. The summed E-state index contributed by atoms with van der Waals surface area (Å²) >= 11 is 1.13. The third-order valence-electron chi connectivity index (χ3n) is 5.38. The normalized spacial score (nSPS) is 12.0. The number of aromatic nitrogens is 3. The molecule has 0 N–H and O–H groups in total. The van der Waals surface area contributed by atoms with Crippen molar-refractivity contribution in [3.05, 3.63) is 90.1 Å². The Morgan fingerprint density at radius 2 is 1.85 bits per heavy atom. The van der Waals surface area contributed by atoms with Crippen LogP contribution in [0.5, 0.6) is 11.5 Å². The van der Waals surface area contributed by atoms with Gasteiger partial charge in [-0.25, -0.2) is 0 Å².